The average molecular weight is 401 g/mol. The van der Waals surface area contributed by atoms with E-state index in [9.17, 15) is 24.9 Å². The Morgan fingerprint density at radius 3 is 2.56 bits per heavy atom. The first-order valence-corrected chi connectivity index (χ1v) is 10.7. The number of thioether (sulfide) groups is 1. The normalized spacial score (nSPS) is 21.1. The third-order valence-electron chi connectivity index (χ3n) is 4.62. The summed E-state index contributed by atoms with van der Waals surface area (Å²) < 4.78 is 0. The number of unbranched alkanes of at least 4 members (excludes halogenated alkanes) is 4. The summed E-state index contributed by atoms with van der Waals surface area (Å²) in [7, 11) is 0. The standard InChI is InChI=1S/C20H32O6S/c1-2-3-5-8-14(21)10-11-15-17(22)13-16(20(25)26)19(15)27-12-7-4-6-9-18(23)24/h10-11,14-15,17,21-22H,2-9,12-13H2,1H3,(H,23,24)(H,25,26)/b11-10+/t14-,15-,17+/m0/s1. The van der Waals surface area contributed by atoms with Gasteiger partial charge in [0.15, 0.2) is 0 Å². The Labute approximate surface area is 165 Å². The van der Waals surface area contributed by atoms with Crippen molar-refractivity contribution in [2.45, 2.75) is 76.9 Å². The fourth-order valence-electron chi connectivity index (χ4n) is 3.09. The Morgan fingerprint density at radius 2 is 1.93 bits per heavy atom. The highest BCUT2D eigenvalue weighted by Crippen LogP contribution is 2.41. The highest BCUT2D eigenvalue weighted by Gasteiger charge is 2.35. The Bertz CT molecular complexity index is 543. The topological polar surface area (TPSA) is 115 Å². The van der Waals surface area contributed by atoms with Gasteiger partial charge in [-0.2, -0.15) is 0 Å². The van der Waals surface area contributed by atoms with E-state index in [-0.39, 0.29) is 18.4 Å². The fourth-order valence-corrected chi connectivity index (χ4v) is 4.43. The molecule has 154 valence electrons. The first-order chi connectivity index (χ1) is 12.9. The van der Waals surface area contributed by atoms with Gasteiger partial charge in [0, 0.05) is 29.2 Å². The van der Waals surface area contributed by atoms with Crippen LogP contribution in [-0.4, -0.2) is 50.3 Å². The molecule has 27 heavy (non-hydrogen) atoms. The molecule has 6 nitrogen and oxygen atoms in total. The summed E-state index contributed by atoms with van der Waals surface area (Å²) in [5, 5.41) is 38.4. The van der Waals surface area contributed by atoms with Gasteiger partial charge in [0.1, 0.15) is 0 Å². The van der Waals surface area contributed by atoms with Gasteiger partial charge in [-0.25, -0.2) is 4.79 Å². The second-order valence-electron chi connectivity index (χ2n) is 6.95. The molecular formula is C20H32O6S. The van der Waals surface area contributed by atoms with E-state index in [1.54, 1.807) is 12.2 Å². The molecule has 0 aromatic heterocycles. The lowest BCUT2D eigenvalue weighted by molar-refractivity contribution is -0.137. The Hall–Kier alpha value is -1.31. The van der Waals surface area contributed by atoms with Gasteiger partial charge < -0.3 is 20.4 Å². The van der Waals surface area contributed by atoms with Crippen molar-refractivity contribution in [3.8, 4) is 0 Å². The molecule has 1 aliphatic carbocycles. The summed E-state index contributed by atoms with van der Waals surface area (Å²) in [5.74, 6) is -1.54. The molecule has 1 rings (SSSR count). The van der Waals surface area contributed by atoms with Crippen LogP contribution >= 0.6 is 11.8 Å². The van der Waals surface area contributed by atoms with Gasteiger partial charge in [-0.15, -0.1) is 11.8 Å². The van der Waals surface area contributed by atoms with E-state index in [1.807, 2.05) is 0 Å². The largest absolute Gasteiger partial charge is 0.481 e. The van der Waals surface area contributed by atoms with Gasteiger partial charge in [0.25, 0.3) is 0 Å². The van der Waals surface area contributed by atoms with Crippen LogP contribution in [0.15, 0.2) is 22.6 Å². The second-order valence-corrected chi connectivity index (χ2v) is 8.08. The minimum Gasteiger partial charge on any atom is -0.481 e. The lowest BCUT2D eigenvalue weighted by Gasteiger charge is -2.15. The van der Waals surface area contributed by atoms with Gasteiger partial charge in [-0.3, -0.25) is 4.79 Å². The number of aliphatic carboxylic acids is 2. The van der Waals surface area contributed by atoms with Crippen molar-refractivity contribution in [2.75, 3.05) is 5.75 Å². The molecule has 0 aliphatic heterocycles. The van der Waals surface area contributed by atoms with Crippen molar-refractivity contribution in [3.63, 3.8) is 0 Å². The Balaban J connectivity index is 2.62. The third kappa shape index (κ3) is 8.95. The van der Waals surface area contributed by atoms with E-state index in [0.29, 0.717) is 23.5 Å². The van der Waals surface area contributed by atoms with Crippen LogP contribution in [0.1, 0.15) is 64.7 Å². The highest BCUT2D eigenvalue weighted by molar-refractivity contribution is 8.03. The summed E-state index contributed by atoms with van der Waals surface area (Å²) in [6, 6.07) is 0. The summed E-state index contributed by atoms with van der Waals surface area (Å²) in [4.78, 5) is 22.7. The van der Waals surface area contributed by atoms with Crippen molar-refractivity contribution in [2.24, 2.45) is 5.92 Å². The summed E-state index contributed by atoms with van der Waals surface area (Å²) in [6.45, 7) is 2.10. The number of carbonyl (C=O) groups is 2. The van der Waals surface area contributed by atoms with Crippen LogP contribution in [0.4, 0.5) is 0 Å². The van der Waals surface area contributed by atoms with Crippen molar-refractivity contribution >= 4 is 23.7 Å². The van der Waals surface area contributed by atoms with E-state index < -0.39 is 30.1 Å². The minimum absolute atomic E-state index is 0.109. The van der Waals surface area contributed by atoms with E-state index >= 15 is 0 Å². The van der Waals surface area contributed by atoms with Crippen LogP contribution in [0.2, 0.25) is 0 Å². The molecule has 0 aromatic carbocycles. The number of aliphatic hydroxyl groups is 2. The van der Waals surface area contributed by atoms with Gasteiger partial charge in [0.2, 0.25) is 0 Å². The molecule has 0 saturated carbocycles. The lowest BCUT2D eigenvalue weighted by atomic mass is 10.0. The van der Waals surface area contributed by atoms with Crippen molar-refractivity contribution in [1.82, 2.24) is 0 Å². The molecule has 0 amide bonds. The molecule has 0 heterocycles. The van der Waals surface area contributed by atoms with Crippen LogP contribution in [0.3, 0.4) is 0 Å². The van der Waals surface area contributed by atoms with Crippen molar-refractivity contribution < 1.29 is 30.0 Å². The number of carboxylic acids is 2. The van der Waals surface area contributed by atoms with E-state index in [2.05, 4.69) is 6.92 Å². The summed E-state index contributed by atoms with van der Waals surface area (Å²) in [5.41, 5.74) is 0.244. The zero-order valence-electron chi connectivity index (χ0n) is 16.0. The maximum atomic E-state index is 11.5. The molecule has 0 aromatic rings. The summed E-state index contributed by atoms with van der Waals surface area (Å²) >= 11 is 1.42. The molecular weight excluding hydrogens is 368 g/mol. The molecule has 0 unspecified atom stereocenters. The third-order valence-corrected chi connectivity index (χ3v) is 5.95. The van der Waals surface area contributed by atoms with Crippen LogP contribution in [0.25, 0.3) is 0 Å². The predicted octanol–water partition coefficient (Wildman–Crippen LogP) is 3.58. The second kappa shape index (κ2) is 13.0. The van der Waals surface area contributed by atoms with Crippen LogP contribution < -0.4 is 0 Å². The van der Waals surface area contributed by atoms with Crippen LogP contribution in [-0.2, 0) is 9.59 Å². The minimum atomic E-state index is -1.01. The Morgan fingerprint density at radius 1 is 1.19 bits per heavy atom. The van der Waals surface area contributed by atoms with Gasteiger partial charge in [-0.05, 0) is 25.0 Å². The number of hydrogen-bond donors (Lipinski definition) is 4. The van der Waals surface area contributed by atoms with E-state index in [0.717, 1.165) is 32.1 Å². The Kier molecular flexibility index (Phi) is 11.4. The maximum Gasteiger partial charge on any atom is 0.332 e. The van der Waals surface area contributed by atoms with Crippen LogP contribution in [0, 0.1) is 5.92 Å². The molecule has 1 aliphatic rings. The molecule has 0 saturated heterocycles. The van der Waals surface area contributed by atoms with Gasteiger partial charge >= 0.3 is 11.9 Å². The van der Waals surface area contributed by atoms with Crippen molar-refractivity contribution in [1.29, 1.82) is 0 Å². The van der Waals surface area contributed by atoms with Gasteiger partial charge in [-0.1, -0.05) is 44.8 Å². The number of hydrogen-bond acceptors (Lipinski definition) is 5. The predicted molar refractivity (Wildman–Crippen MR) is 107 cm³/mol. The molecule has 0 bridgehead atoms. The van der Waals surface area contributed by atoms with E-state index in [1.165, 1.54) is 11.8 Å². The first-order valence-electron chi connectivity index (χ1n) is 9.72. The fraction of sp³-hybridized carbons (Fsp3) is 0.700. The average Bonchev–Trinajstić information content (AvgIpc) is 2.92. The maximum absolute atomic E-state index is 11.5. The quantitative estimate of drug-likeness (QED) is 0.260. The van der Waals surface area contributed by atoms with Gasteiger partial charge in [0.05, 0.1) is 12.2 Å². The number of carboxylic acid groups (broad SMARTS) is 2. The smallest absolute Gasteiger partial charge is 0.332 e. The van der Waals surface area contributed by atoms with Crippen LogP contribution in [0.5, 0.6) is 0 Å². The lowest BCUT2D eigenvalue weighted by Crippen LogP contribution is -2.14. The monoisotopic (exact) mass is 400 g/mol. The highest BCUT2D eigenvalue weighted by atomic mass is 32.2. The zero-order valence-corrected chi connectivity index (χ0v) is 16.8. The molecule has 4 N–H and O–H groups in total. The van der Waals surface area contributed by atoms with E-state index in [4.69, 9.17) is 5.11 Å². The van der Waals surface area contributed by atoms with Crippen molar-refractivity contribution in [3.05, 3.63) is 22.6 Å². The molecule has 0 radical (unpaired) electrons. The number of aliphatic hydroxyl groups excluding tert-OH is 2. The number of rotatable bonds is 14. The zero-order chi connectivity index (χ0) is 20.2. The molecule has 3 atom stereocenters. The molecule has 0 spiro atoms. The SMILES string of the molecule is CCCCC[C@H](O)/C=C/[C@@H]1C(SCCCCCC(=O)O)=C(C(=O)O)C[C@H]1O. The first kappa shape index (κ1) is 23.7. The molecule has 7 heteroatoms. The molecule has 0 fully saturated rings. The summed E-state index contributed by atoms with van der Waals surface area (Å²) in [6.07, 6.45) is 8.20.